The van der Waals surface area contributed by atoms with E-state index < -0.39 is 0 Å². The van der Waals surface area contributed by atoms with Gasteiger partial charge in [-0.1, -0.05) is 61.4 Å². The van der Waals surface area contributed by atoms with Crippen LogP contribution in [-0.4, -0.2) is 17.9 Å². The molecule has 1 aromatic heterocycles. The molecule has 0 aliphatic rings. The number of carbonyl (C=O) groups excluding carboxylic acids is 1. The lowest BCUT2D eigenvalue weighted by molar-refractivity contribution is 0.112. The fourth-order valence-electron chi connectivity index (χ4n) is 3.54. The molecule has 4 aromatic rings. The van der Waals surface area contributed by atoms with Crippen molar-refractivity contribution in [2.75, 3.05) is 6.61 Å². The normalized spacial score (nSPS) is 10.9. The fourth-order valence-corrected chi connectivity index (χ4v) is 3.54. The highest BCUT2D eigenvalue weighted by molar-refractivity contribution is 5.98. The molecule has 0 aliphatic heterocycles. The minimum Gasteiger partial charge on any atom is -0.494 e. The van der Waals surface area contributed by atoms with Gasteiger partial charge < -0.3 is 4.74 Å². The Hall–Kier alpha value is -3.46. The van der Waals surface area contributed by atoms with E-state index in [1.54, 1.807) is 0 Å². The minimum absolute atomic E-state index is 0.666. The zero-order chi connectivity index (χ0) is 20.9. The Bertz CT molecular complexity index is 1180. The monoisotopic (exact) mass is 395 g/mol. The van der Waals surface area contributed by atoms with E-state index >= 15 is 0 Å². The van der Waals surface area contributed by atoms with Gasteiger partial charge in [0.1, 0.15) is 5.75 Å². The van der Waals surface area contributed by atoms with Crippen LogP contribution in [0.25, 0.3) is 33.3 Å². The molecule has 30 heavy (non-hydrogen) atoms. The number of rotatable bonds is 7. The Kier molecular flexibility index (Phi) is 5.89. The molecular formula is C27H25NO2. The Morgan fingerprint density at radius 1 is 0.900 bits per heavy atom. The van der Waals surface area contributed by atoms with Crippen molar-refractivity contribution in [3.8, 4) is 28.1 Å². The summed E-state index contributed by atoms with van der Waals surface area (Å²) in [4.78, 5) is 16.4. The zero-order valence-electron chi connectivity index (χ0n) is 17.4. The lowest BCUT2D eigenvalue weighted by atomic mass is 10.0. The Balaban J connectivity index is 1.63. The fraction of sp³-hybridized carbons (Fsp3) is 0.185. The second-order valence-electron chi connectivity index (χ2n) is 7.54. The molecule has 4 rings (SSSR count). The molecular weight excluding hydrogens is 370 g/mol. The third-order valence-corrected chi connectivity index (χ3v) is 5.24. The quantitative estimate of drug-likeness (QED) is 0.253. The number of benzene rings is 3. The van der Waals surface area contributed by atoms with Crippen molar-refractivity contribution in [3.63, 3.8) is 0 Å². The number of hydrogen-bond acceptors (Lipinski definition) is 3. The number of carbonyl (C=O) groups is 1. The van der Waals surface area contributed by atoms with Crippen LogP contribution in [0.15, 0.2) is 72.8 Å². The van der Waals surface area contributed by atoms with Gasteiger partial charge in [-0.25, -0.2) is 4.98 Å². The average molecular weight is 396 g/mol. The van der Waals surface area contributed by atoms with E-state index in [0.29, 0.717) is 5.56 Å². The molecule has 0 fully saturated rings. The van der Waals surface area contributed by atoms with Crippen molar-refractivity contribution in [1.82, 2.24) is 4.98 Å². The Morgan fingerprint density at radius 2 is 1.70 bits per heavy atom. The van der Waals surface area contributed by atoms with Crippen LogP contribution in [0.5, 0.6) is 5.75 Å². The first-order valence-corrected chi connectivity index (χ1v) is 10.4. The van der Waals surface area contributed by atoms with Gasteiger partial charge in [-0.2, -0.15) is 0 Å². The number of aromatic nitrogens is 1. The van der Waals surface area contributed by atoms with Gasteiger partial charge in [0.15, 0.2) is 6.29 Å². The third kappa shape index (κ3) is 4.25. The van der Waals surface area contributed by atoms with Crippen LogP contribution in [0.4, 0.5) is 0 Å². The third-order valence-electron chi connectivity index (χ3n) is 5.24. The summed E-state index contributed by atoms with van der Waals surface area (Å²) in [6.45, 7) is 4.92. The average Bonchev–Trinajstić information content (AvgIpc) is 2.79. The highest BCUT2D eigenvalue weighted by Crippen LogP contribution is 2.29. The summed E-state index contributed by atoms with van der Waals surface area (Å²) < 4.78 is 5.83. The number of aryl methyl sites for hydroxylation is 1. The van der Waals surface area contributed by atoms with Gasteiger partial charge in [-0.05, 0) is 54.8 Å². The van der Waals surface area contributed by atoms with Gasteiger partial charge in [0.05, 0.1) is 17.8 Å². The zero-order valence-corrected chi connectivity index (χ0v) is 17.4. The number of hydrogen-bond donors (Lipinski definition) is 0. The number of nitrogens with zero attached hydrogens (tertiary/aromatic N) is 1. The maximum absolute atomic E-state index is 11.6. The molecule has 0 spiro atoms. The Morgan fingerprint density at radius 3 is 2.47 bits per heavy atom. The summed E-state index contributed by atoms with van der Waals surface area (Å²) in [5, 5.41) is 0.894. The SMILES string of the molecule is CCCCOc1cccc(-c2ccc(-c3cc(C=O)c4cc(C)ccc4n3)cc2)c1. The van der Waals surface area contributed by atoms with Crippen LogP contribution in [0.3, 0.4) is 0 Å². The molecule has 0 saturated carbocycles. The van der Waals surface area contributed by atoms with Crippen LogP contribution in [0, 0.1) is 6.92 Å². The number of fused-ring (bicyclic) bond motifs is 1. The molecule has 0 aliphatic carbocycles. The van der Waals surface area contributed by atoms with E-state index in [4.69, 9.17) is 9.72 Å². The van der Waals surface area contributed by atoms with Gasteiger partial charge in [-0.3, -0.25) is 4.79 Å². The van der Waals surface area contributed by atoms with Crippen LogP contribution < -0.4 is 4.74 Å². The molecule has 0 radical (unpaired) electrons. The smallest absolute Gasteiger partial charge is 0.150 e. The second kappa shape index (κ2) is 8.91. The van der Waals surface area contributed by atoms with Crippen LogP contribution in [0.1, 0.15) is 35.7 Å². The molecule has 1 heterocycles. The highest BCUT2D eigenvalue weighted by atomic mass is 16.5. The molecule has 0 unspecified atom stereocenters. The van der Waals surface area contributed by atoms with Crippen LogP contribution in [0.2, 0.25) is 0 Å². The lowest BCUT2D eigenvalue weighted by Crippen LogP contribution is -1.96. The number of pyridine rings is 1. The molecule has 0 amide bonds. The molecule has 3 heteroatoms. The van der Waals surface area contributed by atoms with Gasteiger partial charge in [-0.15, -0.1) is 0 Å². The molecule has 0 N–H and O–H groups in total. The summed E-state index contributed by atoms with van der Waals surface area (Å²) in [6, 6.07) is 24.3. The van der Waals surface area contributed by atoms with E-state index in [-0.39, 0.29) is 0 Å². The largest absolute Gasteiger partial charge is 0.494 e. The first kappa shape index (κ1) is 19.8. The molecule has 0 bridgehead atoms. The van der Waals surface area contributed by atoms with E-state index in [2.05, 4.69) is 43.3 Å². The van der Waals surface area contributed by atoms with Crippen molar-refractivity contribution < 1.29 is 9.53 Å². The van der Waals surface area contributed by atoms with Crippen LogP contribution in [-0.2, 0) is 0 Å². The number of aldehydes is 1. The summed E-state index contributed by atoms with van der Waals surface area (Å²) in [7, 11) is 0. The van der Waals surface area contributed by atoms with Gasteiger partial charge in [0.2, 0.25) is 0 Å². The summed E-state index contributed by atoms with van der Waals surface area (Å²) in [6.07, 6.45) is 3.08. The first-order valence-electron chi connectivity index (χ1n) is 10.4. The maximum Gasteiger partial charge on any atom is 0.150 e. The molecule has 150 valence electrons. The predicted octanol–water partition coefficient (Wildman–Crippen LogP) is 6.87. The van der Waals surface area contributed by atoms with Crippen molar-refractivity contribution in [1.29, 1.82) is 0 Å². The number of ether oxygens (including phenoxy) is 1. The van der Waals surface area contributed by atoms with E-state index in [0.717, 1.165) is 70.3 Å². The number of unbranched alkanes of at least 4 members (excludes halogenated alkanes) is 1. The van der Waals surface area contributed by atoms with Gasteiger partial charge in [0, 0.05) is 16.5 Å². The molecule has 3 nitrogen and oxygen atoms in total. The Labute approximate surface area is 177 Å². The molecule has 0 saturated heterocycles. The van der Waals surface area contributed by atoms with Gasteiger partial charge in [0.25, 0.3) is 0 Å². The summed E-state index contributed by atoms with van der Waals surface area (Å²) in [5.41, 5.74) is 6.64. The summed E-state index contributed by atoms with van der Waals surface area (Å²) in [5.74, 6) is 0.896. The summed E-state index contributed by atoms with van der Waals surface area (Å²) >= 11 is 0. The van der Waals surface area contributed by atoms with Crippen LogP contribution >= 0.6 is 0 Å². The van der Waals surface area contributed by atoms with Crippen molar-refractivity contribution in [2.45, 2.75) is 26.7 Å². The van der Waals surface area contributed by atoms with Crippen molar-refractivity contribution in [3.05, 3.63) is 83.9 Å². The van der Waals surface area contributed by atoms with E-state index in [1.807, 2.05) is 43.3 Å². The first-order chi connectivity index (χ1) is 14.7. The van der Waals surface area contributed by atoms with Gasteiger partial charge >= 0.3 is 0 Å². The highest BCUT2D eigenvalue weighted by Gasteiger charge is 2.08. The maximum atomic E-state index is 11.6. The van der Waals surface area contributed by atoms with E-state index in [9.17, 15) is 4.79 Å². The minimum atomic E-state index is 0.666. The molecule has 3 aromatic carbocycles. The van der Waals surface area contributed by atoms with Crippen molar-refractivity contribution >= 4 is 17.2 Å². The van der Waals surface area contributed by atoms with E-state index in [1.165, 1.54) is 0 Å². The lowest BCUT2D eigenvalue weighted by Gasteiger charge is -2.10. The second-order valence-corrected chi connectivity index (χ2v) is 7.54. The topological polar surface area (TPSA) is 39.2 Å². The standard InChI is InChI=1S/C27H25NO2/c1-3-4-14-30-24-7-5-6-22(16-24)20-9-11-21(12-10-20)27-17-23(18-29)25-15-19(2)8-13-26(25)28-27/h5-13,15-18H,3-4,14H2,1-2H3. The predicted molar refractivity (Wildman–Crippen MR) is 123 cm³/mol. The van der Waals surface area contributed by atoms with Crippen molar-refractivity contribution in [2.24, 2.45) is 0 Å². The molecule has 0 atom stereocenters.